The molecule has 0 radical (unpaired) electrons. The van der Waals surface area contributed by atoms with Gasteiger partial charge in [-0.25, -0.2) is 0 Å². The fraction of sp³-hybridized carbons (Fsp3) is 0.462. The van der Waals surface area contributed by atoms with E-state index in [1.807, 2.05) is 12.4 Å². The van der Waals surface area contributed by atoms with Crippen molar-refractivity contribution in [3.8, 4) is 0 Å². The lowest BCUT2D eigenvalue weighted by Gasteiger charge is -2.26. The molecule has 0 saturated carbocycles. The van der Waals surface area contributed by atoms with Crippen molar-refractivity contribution in [2.45, 2.75) is 12.8 Å². The van der Waals surface area contributed by atoms with Crippen molar-refractivity contribution in [1.29, 1.82) is 0 Å². The van der Waals surface area contributed by atoms with Crippen molar-refractivity contribution < 1.29 is 0 Å². The lowest BCUT2D eigenvalue weighted by Crippen LogP contribution is -2.17. The minimum atomic E-state index is 0.699. The number of aromatic nitrogens is 1. The molecule has 2 atom stereocenters. The van der Waals surface area contributed by atoms with Crippen LogP contribution in [0.15, 0.2) is 29.0 Å². The van der Waals surface area contributed by atoms with Crippen LogP contribution in [0.25, 0.3) is 5.57 Å². The first-order valence-corrected chi connectivity index (χ1v) is 6.65. The molecule has 3 rings (SSSR count). The summed E-state index contributed by atoms with van der Waals surface area (Å²) >= 11 is 3.50. The Morgan fingerprint density at radius 3 is 3.12 bits per heavy atom. The second-order valence-electron chi connectivity index (χ2n) is 4.65. The third-order valence-electron chi connectivity index (χ3n) is 3.68. The first-order chi connectivity index (χ1) is 7.84. The van der Waals surface area contributed by atoms with Crippen LogP contribution in [-0.4, -0.2) is 18.1 Å². The SMILES string of the molecule is Brc1cncc(C2=CCC[C@@H]3CNC[C@H]23)c1. The highest BCUT2D eigenvalue weighted by molar-refractivity contribution is 9.10. The second kappa shape index (κ2) is 4.30. The minimum absolute atomic E-state index is 0.699. The highest BCUT2D eigenvalue weighted by Gasteiger charge is 2.32. The van der Waals surface area contributed by atoms with Crippen molar-refractivity contribution in [2.24, 2.45) is 11.8 Å². The fourth-order valence-electron chi connectivity index (χ4n) is 2.91. The van der Waals surface area contributed by atoms with E-state index in [0.717, 1.165) is 16.9 Å². The zero-order valence-corrected chi connectivity index (χ0v) is 10.7. The van der Waals surface area contributed by atoms with Crippen LogP contribution in [0.4, 0.5) is 0 Å². The van der Waals surface area contributed by atoms with Crippen molar-refractivity contribution in [3.05, 3.63) is 34.6 Å². The first-order valence-electron chi connectivity index (χ1n) is 5.86. The van der Waals surface area contributed by atoms with Crippen molar-refractivity contribution in [3.63, 3.8) is 0 Å². The fourth-order valence-corrected chi connectivity index (χ4v) is 3.27. The van der Waals surface area contributed by atoms with Gasteiger partial charge in [-0.2, -0.15) is 0 Å². The number of allylic oxidation sites excluding steroid dienone is 1. The van der Waals surface area contributed by atoms with Gasteiger partial charge in [0, 0.05) is 29.3 Å². The maximum absolute atomic E-state index is 4.27. The predicted molar refractivity (Wildman–Crippen MR) is 69.0 cm³/mol. The standard InChI is InChI=1S/C13H15BrN2/c14-11-4-10(6-15-7-11)12-3-1-2-9-5-16-8-13(9)12/h3-4,6-7,9,13,16H,1-2,5,8H2/t9-,13+/m1/s1. The van der Waals surface area contributed by atoms with Crippen molar-refractivity contribution >= 4 is 21.5 Å². The molecule has 2 nitrogen and oxygen atoms in total. The Bertz CT molecular complexity index is 428. The van der Waals surface area contributed by atoms with E-state index in [1.165, 1.54) is 30.5 Å². The summed E-state index contributed by atoms with van der Waals surface area (Å²) in [7, 11) is 0. The molecule has 0 bridgehead atoms. The van der Waals surface area contributed by atoms with E-state index in [-0.39, 0.29) is 0 Å². The third-order valence-corrected chi connectivity index (χ3v) is 4.11. The summed E-state index contributed by atoms with van der Waals surface area (Å²) in [5.74, 6) is 1.53. The monoisotopic (exact) mass is 278 g/mol. The topological polar surface area (TPSA) is 24.9 Å². The zero-order valence-electron chi connectivity index (χ0n) is 9.12. The molecule has 2 heterocycles. The molecule has 3 heteroatoms. The number of halogens is 1. The lowest BCUT2D eigenvalue weighted by atomic mass is 9.78. The van der Waals surface area contributed by atoms with Gasteiger partial charge >= 0.3 is 0 Å². The molecule has 0 aromatic carbocycles. The molecule has 0 amide bonds. The van der Waals surface area contributed by atoms with Gasteiger partial charge in [-0.05, 0) is 58.4 Å². The molecule has 1 fully saturated rings. The van der Waals surface area contributed by atoms with Crippen LogP contribution in [0.1, 0.15) is 18.4 Å². The van der Waals surface area contributed by atoms with Gasteiger partial charge in [0.05, 0.1) is 0 Å². The molecule has 0 unspecified atom stereocenters. The molecule has 1 aliphatic heterocycles. The molecule has 1 aromatic heterocycles. The average molecular weight is 279 g/mol. The number of hydrogen-bond acceptors (Lipinski definition) is 2. The molecular weight excluding hydrogens is 264 g/mol. The van der Waals surface area contributed by atoms with Gasteiger partial charge in [-0.3, -0.25) is 4.98 Å². The van der Waals surface area contributed by atoms with E-state index in [2.05, 4.69) is 38.4 Å². The molecule has 1 N–H and O–H groups in total. The maximum atomic E-state index is 4.27. The van der Waals surface area contributed by atoms with Crippen molar-refractivity contribution in [2.75, 3.05) is 13.1 Å². The van der Waals surface area contributed by atoms with E-state index < -0.39 is 0 Å². The molecule has 0 spiro atoms. The molecular formula is C13H15BrN2. The van der Waals surface area contributed by atoms with Gasteiger partial charge in [-0.15, -0.1) is 0 Å². The normalized spacial score (nSPS) is 28.7. The maximum Gasteiger partial charge on any atom is 0.0410 e. The van der Waals surface area contributed by atoms with E-state index in [9.17, 15) is 0 Å². The van der Waals surface area contributed by atoms with Crippen LogP contribution in [0, 0.1) is 11.8 Å². The van der Waals surface area contributed by atoms with Gasteiger partial charge < -0.3 is 5.32 Å². The molecule has 84 valence electrons. The number of fused-ring (bicyclic) bond motifs is 1. The van der Waals surface area contributed by atoms with Gasteiger partial charge in [0.15, 0.2) is 0 Å². The summed E-state index contributed by atoms with van der Waals surface area (Å²) in [6.07, 6.45) is 8.78. The quantitative estimate of drug-likeness (QED) is 0.855. The number of nitrogens with one attached hydrogen (secondary N) is 1. The van der Waals surface area contributed by atoms with Crippen LogP contribution in [0.3, 0.4) is 0 Å². The number of pyridine rings is 1. The van der Waals surface area contributed by atoms with Crippen molar-refractivity contribution in [1.82, 2.24) is 10.3 Å². The number of rotatable bonds is 1. The Balaban J connectivity index is 1.96. The summed E-state index contributed by atoms with van der Waals surface area (Å²) in [4.78, 5) is 4.27. The van der Waals surface area contributed by atoms with E-state index in [0.29, 0.717) is 5.92 Å². The summed E-state index contributed by atoms with van der Waals surface area (Å²) in [5.41, 5.74) is 2.78. The molecule has 1 aliphatic carbocycles. The summed E-state index contributed by atoms with van der Waals surface area (Å²) in [5, 5.41) is 3.51. The highest BCUT2D eigenvalue weighted by Crippen LogP contribution is 2.38. The Morgan fingerprint density at radius 2 is 2.25 bits per heavy atom. The van der Waals surface area contributed by atoms with Gasteiger partial charge in [0.25, 0.3) is 0 Å². The van der Waals surface area contributed by atoms with E-state index in [4.69, 9.17) is 0 Å². The summed E-state index contributed by atoms with van der Waals surface area (Å²) < 4.78 is 1.07. The minimum Gasteiger partial charge on any atom is -0.316 e. The molecule has 16 heavy (non-hydrogen) atoms. The molecule has 1 saturated heterocycles. The third kappa shape index (κ3) is 1.82. The Hall–Kier alpha value is -0.670. The van der Waals surface area contributed by atoms with Gasteiger partial charge in [-0.1, -0.05) is 6.08 Å². The van der Waals surface area contributed by atoms with Crippen LogP contribution in [-0.2, 0) is 0 Å². The lowest BCUT2D eigenvalue weighted by molar-refractivity contribution is 0.454. The average Bonchev–Trinajstić information content (AvgIpc) is 2.76. The number of hydrogen-bond donors (Lipinski definition) is 1. The van der Waals surface area contributed by atoms with Crippen LogP contribution < -0.4 is 5.32 Å². The van der Waals surface area contributed by atoms with E-state index in [1.54, 1.807) is 0 Å². The highest BCUT2D eigenvalue weighted by atomic mass is 79.9. The zero-order chi connectivity index (χ0) is 11.0. The molecule has 2 aliphatic rings. The van der Waals surface area contributed by atoms with Crippen LogP contribution >= 0.6 is 15.9 Å². The summed E-state index contributed by atoms with van der Waals surface area (Å²) in [6.45, 7) is 2.31. The predicted octanol–water partition coefficient (Wildman–Crippen LogP) is 2.86. The van der Waals surface area contributed by atoms with Gasteiger partial charge in [0.1, 0.15) is 0 Å². The number of nitrogens with zero attached hydrogens (tertiary/aromatic N) is 1. The summed E-state index contributed by atoms with van der Waals surface area (Å²) in [6, 6.07) is 2.18. The first kappa shape index (κ1) is 10.5. The second-order valence-corrected chi connectivity index (χ2v) is 5.57. The van der Waals surface area contributed by atoms with Crippen LogP contribution in [0.5, 0.6) is 0 Å². The van der Waals surface area contributed by atoms with Crippen LogP contribution in [0.2, 0.25) is 0 Å². The van der Waals surface area contributed by atoms with E-state index >= 15 is 0 Å². The Morgan fingerprint density at radius 1 is 1.31 bits per heavy atom. The Kier molecular flexibility index (Phi) is 2.82. The van der Waals surface area contributed by atoms with Gasteiger partial charge in [0.2, 0.25) is 0 Å². The molecule has 1 aromatic rings. The largest absolute Gasteiger partial charge is 0.316 e. The smallest absolute Gasteiger partial charge is 0.0410 e. The Labute approximate surface area is 104 Å².